The number of carbonyl (C=O) groups is 2. The fourth-order valence-electron chi connectivity index (χ4n) is 6.64. The molecule has 0 aromatic heterocycles. The SMILES string of the molecule is CCCCCC/C=C\CCCCCCCCCC(=O)O[C@H](COC(=O)CCC/C=C\C/C=C\C/C=C\C/C=C\CC(O)CCC)COP(=O)(O)OC1[C@H](O)[C@H](O)C(O)[C@H](O)[C@H]1O. The average molecular weight is 901 g/mol. The first-order valence-electron chi connectivity index (χ1n) is 23.2. The normalized spacial score (nSPS) is 22.9. The maximum Gasteiger partial charge on any atom is 0.472 e. The molecule has 4 unspecified atom stereocenters. The van der Waals surface area contributed by atoms with E-state index in [0.29, 0.717) is 25.7 Å². The lowest BCUT2D eigenvalue weighted by Crippen LogP contribution is -2.64. The van der Waals surface area contributed by atoms with Gasteiger partial charge in [0.05, 0.1) is 12.7 Å². The van der Waals surface area contributed by atoms with E-state index < -0.39 is 75.7 Å². The molecule has 0 radical (unpaired) electrons. The van der Waals surface area contributed by atoms with E-state index in [4.69, 9.17) is 18.5 Å². The standard InChI is InChI=1S/C47H81O14P/c1-3-5-6-7-8-9-10-11-12-15-19-22-25-28-31-35-41(50)60-39(37-59-62(56,57)61-47-45(54)43(52)42(51)44(53)46(47)55)36-58-40(49)34-30-27-24-21-18-16-13-14-17-20-23-26-29-33-38(48)32-4-2/h9-10,13,16-17,20-21,24,26,29,38-39,42-48,51-55H,3-8,11-12,14-15,18-19,22-23,25,27-28,30-37H2,1-2H3,(H,56,57)/b10-9-,16-13-,20-17-,24-21-,29-26-/t38?,39-,42?,43-,44+,45-,46-,47?/m1/s1. The number of aliphatic hydroxyl groups is 6. The maximum atomic E-state index is 12.8. The highest BCUT2D eigenvalue weighted by Gasteiger charge is 2.51. The fraction of sp³-hybridized carbons (Fsp3) is 0.745. The van der Waals surface area contributed by atoms with Gasteiger partial charge < -0.3 is 45.0 Å². The number of phosphoric ester groups is 1. The van der Waals surface area contributed by atoms with Crippen LogP contribution in [0.5, 0.6) is 0 Å². The van der Waals surface area contributed by atoms with E-state index in [1.54, 1.807) is 0 Å². The Kier molecular flexibility index (Phi) is 34.2. The van der Waals surface area contributed by atoms with Gasteiger partial charge in [0.25, 0.3) is 0 Å². The highest BCUT2D eigenvalue weighted by molar-refractivity contribution is 7.47. The van der Waals surface area contributed by atoms with Gasteiger partial charge in [-0.1, -0.05) is 132 Å². The first-order valence-corrected chi connectivity index (χ1v) is 24.7. The van der Waals surface area contributed by atoms with Crippen molar-refractivity contribution in [2.24, 2.45) is 0 Å². The third-order valence-corrected chi connectivity index (χ3v) is 11.4. The summed E-state index contributed by atoms with van der Waals surface area (Å²) in [6, 6.07) is 0. The third kappa shape index (κ3) is 29.1. The molecule has 0 saturated heterocycles. The molecule has 14 nitrogen and oxygen atoms in total. The number of allylic oxidation sites excluding steroid dienone is 9. The zero-order valence-corrected chi connectivity index (χ0v) is 38.4. The minimum Gasteiger partial charge on any atom is -0.462 e. The summed E-state index contributed by atoms with van der Waals surface area (Å²) in [4.78, 5) is 35.7. The average Bonchev–Trinajstić information content (AvgIpc) is 3.24. The largest absolute Gasteiger partial charge is 0.472 e. The Labute approximate surface area is 371 Å². The van der Waals surface area contributed by atoms with Crippen LogP contribution < -0.4 is 0 Å². The number of carbonyl (C=O) groups excluding carboxylic acids is 2. The second kappa shape index (κ2) is 36.8. The van der Waals surface area contributed by atoms with Gasteiger partial charge >= 0.3 is 19.8 Å². The van der Waals surface area contributed by atoms with Crippen molar-refractivity contribution in [2.75, 3.05) is 13.2 Å². The molecule has 15 heteroatoms. The summed E-state index contributed by atoms with van der Waals surface area (Å²) in [5, 5.41) is 59.9. The molecule has 0 aliphatic heterocycles. The van der Waals surface area contributed by atoms with Crippen LogP contribution in [0.4, 0.5) is 0 Å². The van der Waals surface area contributed by atoms with Gasteiger partial charge in [-0.15, -0.1) is 0 Å². The quantitative estimate of drug-likeness (QED) is 0.0136. The molecule has 9 atom stereocenters. The van der Waals surface area contributed by atoms with Crippen LogP contribution in [0.15, 0.2) is 60.8 Å². The number of hydrogen-bond acceptors (Lipinski definition) is 13. The zero-order valence-electron chi connectivity index (χ0n) is 37.5. The smallest absolute Gasteiger partial charge is 0.462 e. The van der Waals surface area contributed by atoms with Gasteiger partial charge in [-0.25, -0.2) is 4.57 Å². The van der Waals surface area contributed by atoms with Crippen molar-refractivity contribution < 1.29 is 68.2 Å². The molecule has 0 heterocycles. The highest BCUT2D eigenvalue weighted by atomic mass is 31.2. The second-order valence-electron chi connectivity index (χ2n) is 16.1. The molecule has 0 spiro atoms. The number of phosphoric acid groups is 1. The number of hydrogen-bond donors (Lipinski definition) is 7. The van der Waals surface area contributed by atoms with Crippen molar-refractivity contribution in [1.82, 2.24) is 0 Å². The first kappa shape index (κ1) is 57.5. The molecule has 1 rings (SSSR count). The number of esters is 2. The second-order valence-corrected chi connectivity index (χ2v) is 17.5. The summed E-state index contributed by atoms with van der Waals surface area (Å²) >= 11 is 0. The Hall–Kier alpha value is -2.49. The van der Waals surface area contributed by atoms with E-state index in [1.165, 1.54) is 25.7 Å². The summed E-state index contributed by atoms with van der Waals surface area (Å²) < 4.78 is 33.4. The van der Waals surface area contributed by atoms with E-state index in [9.17, 15) is 49.7 Å². The van der Waals surface area contributed by atoms with Crippen LogP contribution in [0, 0.1) is 0 Å². The minimum atomic E-state index is -5.14. The van der Waals surface area contributed by atoms with Gasteiger partial charge in [0.2, 0.25) is 0 Å². The van der Waals surface area contributed by atoms with E-state index in [2.05, 4.69) is 56.4 Å². The van der Waals surface area contributed by atoms with Crippen molar-refractivity contribution in [1.29, 1.82) is 0 Å². The molecule has 1 fully saturated rings. The topological polar surface area (TPSA) is 230 Å². The van der Waals surface area contributed by atoms with Crippen molar-refractivity contribution in [2.45, 2.75) is 210 Å². The van der Waals surface area contributed by atoms with Gasteiger partial charge in [-0.2, -0.15) is 0 Å². The highest BCUT2D eigenvalue weighted by Crippen LogP contribution is 2.47. The molecule has 0 bridgehead atoms. The van der Waals surface area contributed by atoms with E-state index in [0.717, 1.165) is 83.5 Å². The van der Waals surface area contributed by atoms with Crippen molar-refractivity contribution in [3.63, 3.8) is 0 Å². The van der Waals surface area contributed by atoms with Crippen molar-refractivity contribution in [3.8, 4) is 0 Å². The Balaban J connectivity index is 2.51. The summed E-state index contributed by atoms with van der Waals surface area (Å²) in [5.74, 6) is -1.19. The summed E-state index contributed by atoms with van der Waals surface area (Å²) in [6.45, 7) is 3.03. The number of ether oxygens (including phenoxy) is 2. The van der Waals surface area contributed by atoms with Gasteiger partial charge in [-0.05, 0) is 77.0 Å². The van der Waals surface area contributed by atoms with Crippen LogP contribution in [0.1, 0.15) is 162 Å². The van der Waals surface area contributed by atoms with Gasteiger partial charge in [0, 0.05) is 12.8 Å². The molecular weight excluding hydrogens is 819 g/mol. The first-order chi connectivity index (χ1) is 29.8. The number of aliphatic hydroxyl groups excluding tert-OH is 6. The fourth-order valence-corrected chi connectivity index (χ4v) is 7.61. The summed E-state index contributed by atoms with van der Waals surface area (Å²) in [6.07, 6.45) is 27.6. The maximum absolute atomic E-state index is 12.8. The molecule has 358 valence electrons. The monoisotopic (exact) mass is 901 g/mol. The van der Waals surface area contributed by atoms with Gasteiger partial charge in [-0.3, -0.25) is 18.6 Å². The lowest BCUT2D eigenvalue weighted by Gasteiger charge is -2.41. The van der Waals surface area contributed by atoms with Crippen molar-refractivity contribution in [3.05, 3.63) is 60.8 Å². The lowest BCUT2D eigenvalue weighted by molar-refractivity contribution is -0.220. The molecule has 0 amide bonds. The Morgan fingerprint density at radius 1 is 0.565 bits per heavy atom. The van der Waals surface area contributed by atoms with Crippen LogP contribution in [-0.4, -0.2) is 110 Å². The van der Waals surface area contributed by atoms with Crippen LogP contribution in [0.25, 0.3) is 0 Å². The summed E-state index contributed by atoms with van der Waals surface area (Å²) in [5.41, 5.74) is 0. The van der Waals surface area contributed by atoms with Gasteiger partial charge in [0.1, 0.15) is 43.2 Å². The van der Waals surface area contributed by atoms with Crippen molar-refractivity contribution >= 4 is 19.8 Å². The minimum absolute atomic E-state index is 0.0703. The van der Waals surface area contributed by atoms with E-state index in [-0.39, 0.29) is 18.9 Å². The lowest BCUT2D eigenvalue weighted by atomic mass is 9.85. The molecule has 0 aromatic carbocycles. The molecule has 1 saturated carbocycles. The van der Waals surface area contributed by atoms with Crippen LogP contribution in [-0.2, 0) is 32.7 Å². The Morgan fingerprint density at radius 2 is 1.03 bits per heavy atom. The molecule has 0 aromatic rings. The number of rotatable bonds is 37. The van der Waals surface area contributed by atoms with Gasteiger partial charge in [0.15, 0.2) is 6.10 Å². The van der Waals surface area contributed by atoms with E-state index >= 15 is 0 Å². The molecule has 1 aliphatic rings. The molecular formula is C47H81O14P. The molecule has 1 aliphatic carbocycles. The Morgan fingerprint density at radius 3 is 1.61 bits per heavy atom. The number of unbranched alkanes of at least 4 members (excludes halogenated alkanes) is 12. The Bertz CT molecular complexity index is 1330. The van der Waals surface area contributed by atoms with Crippen LogP contribution in [0.2, 0.25) is 0 Å². The molecule has 62 heavy (non-hydrogen) atoms. The van der Waals surface area contributed by atoms with Crippen LogP contribution in [0.3, 0.4) is 0 Å². The predicted octanol–water partition coefficient (Wildman–Crippen LogP) is 7.92. The summed E-state index contributed by atoms with van der Waals surface area (Å²) in [7, 11) is -5.14. The molecule has 7 N–H and O–H groups in total. The van der Waals surface area contributed by atoms with Crippen LogP contribution >= 0.6 is 7.82 Å². The zero-order chi connectivity index (χ0) is 45.9. The third-order valence-electron chi connectivity index (χ3n) is 10.4. The van der Waals surface area contributed by atoms with E-state index in [1.807, 2.05) is 18.2 Å². The predicted molar refractivity (Wildman–Crippen MR) is 241 cm³/mol.